The first-order valence-corrected chi connectivity index (χ1v) is 10.9. The number of anilines is 2. The van der Waals surface area contributed by atoms with E-state index in [2.05, 4.69) is 31.0 Å². The molecule has 160 valence electrons. The minimum atomic E-state index is -0.384. The van der Waals surface area contributed by atoms with Crippen LogP contribution < -0.4 is 10.2 Å². The minimum absolute atomic E-state index is 0.0236. The quantitative estimate of drug-likeness (QED) is 0.516. The van der Waals surface area contributed by atoms with Crippen molar-refractivity contribution in [3.8, 4) is 0 Å². The van der Waals surface area contributed by atoms with E-state index < -0.39 is 0 Å². The fourth-order valence-corrected chi connectivity index (χ4v) is 3.36. The third-order valence-corrected chi connectivity index (χ3v) is 5.83. The molecule has 0 aromatic heterocycles. The number of piperidine rings is 1. The molecule has 2 N–H and O–H groups in total. The second kappa shape index (κ2) is 11.1. The summed E-state index contributed by atoms with van der Waals surface area (Å²) in [4.78, 5) is 14.4. The van der Waals surface area contributed by atoms with Crippen LogP contribution in [0, 0.1) is 11.3 Å². The zero-order valence-electron chi connectivity index (χ0n) is 18.5. The lowest BCUT2D eigenvalue weighted by Crippen LogP contribution is -2.44. The highest BCUT2D eigenvalue weighted by Crippen LogP contribution is 2.30. The molecule has 1 saturated heterocycles. The highest BCUT2D eigenvalue weighted by Gasteiger charge is 2.31. The number of hydrogen-bond acceptors (Lipinski definition) is 4. The second-order valence-corrected chi connectivity index (χ2v) is 8.31. The van der Waals surface area contributed by atoms with E-state index >= 15 is 0 Å². The first-order chi connectivity index (χ1) is 13.9. The van der Waals surface area contributed by atoms with Gasteiger partial charge in [0.2, 0.25) is 0 Å². The Bertz CT molecular complexity index is 689. The molecule has 29 heavy (non-hydrogen) atoms. The summed E-state index contributed by atoms with van der Waals surface area (Å²) in [6.45, 7) is 11.5. The van der Waals surface area contributed by atoms with E-state index in [4.69, 9.17) is 10.1 Å². The lowest BCUT2D eigenvalue weighted by Gasteiger charge is -2.40. The normalized spacial score (nSPS) is 17.3. The molecule has 1 aromatic rings. The Morgan fingerprint density at radius 2 is 1.93 bits per heavy atom. The first-order valence-electron chi connectivity index (χ1n) is 10.9. The van der Waals surface area contributed by atoms with Gasteiger partial charge in [0.15, 0.2) is 0 Å². The van der Waals surface area contributed by atoms with Crippen LogP contribution in [-0.4, -0.2) is 36.9 Å². The summed E-state index contributed by atoms with van der Waals surface area (Å²) in [7, 11) is 0. The molecular formula is C24H37N3O2. The smallest absolute Gasteiger partial charge is 0.273 e. The molecule has 1 unspecified atom stereocenters. The number of carbonyl (C=O) groups excluding carboxylic acids is 1. The van der Waals surface area contributed by atoms with Gasteiger partial charge in [-0.1, -0.05) is 33.3 Å². The second-order valence-electron chi connectivity index (χ2n) is 8.31. The van der Waals surface area contributed by atoms with Gasteiger partial charge >= 0.3 is 0 Å². The van der Waals surface area contributed by atoms with Crippen LogP contribution >= 0.6 is 0 Å². The SMILES string of the molecule is CCC=CC(=N)C(=O)Nc1ccc(N2CCC(C)(OCCC(C)CC)CC2)cc1. The van der Waals surface area contributed by atoms with Crippen molar-refractivity contribution in [1.82, 2.24) is 0 Å². The number of benzene rings is 1. The van der Waals surface area contributed by atoms with E-state index in [9.17, 15) is 4.79 Å². The number of allylic oxidation sites excluding steroid dienone is 1. The number of nitrogens with zero attached hydrogens (tertiary/aromatic N) is 1. The standard InChI is InChI=1S/C24H37N3O2/c1-5-7-8-22(25)23(28)26-20-9-11-21(12-10-20)27-16-14-24(4,15-17-27)29-18-13-19(3)6-2/h7-12,19,25H,5-6,13-18H2,1-4H3,(H,26,28). The molecule has 0 aliphatic carbocycles. The number of amides is 1. The third-order valence-electron chi connectivity index (χ3n) is 5.83. The van der Waals surface area contributed by atoms with E-state index in [1.165, 1.54) is 6.42 Å². The topological polar surface area (TPSA) is 65.4 Å². The number of hydrogen-bond donors (Lipinski definition) is 2. The van der Waals surface area contributed by atoms with E-state index in [1.807, 2.05) is 37.3 Å². The molecule has 5 nitrogen and oxygen atoms in total. The van der Waals surface area contributed by atoms with Crippen molar-refractivity contribution in [2.24, 2.45) is 5.92 Å². The molecule has 0 radical (unpaired) electrons. The molecule has 1 heterocycles. The number of ether oxygens (including phenoxy) is 1. The summed E-state index contributed by atoms with van der Waals surface area (Å²) in [5.41, 5.74) is 1.82. The van der Waals surface area contributed by atoms with Crippen molar-refractivity contribution in [3.63, 3.8) is 0 Å². The van der Waals surface area contributed by atoms with Gasteiger partial charge < -0.3 is 15.0 Å². The predicted octanol–water partition coefficient (Wildman–Crippen LogP) is 5.42. The van der Waals surface area contributed by atoms with Gasteiger partial charge in [0.1, 0.15) is 5.71 Å². The number of carbonyl (C=O) groups is 1. The van der Waals surface area contributed by atoms with E-state index in [1.54, 1.807) is 6.08 Å². The maximum absolute atomic E-state index is 12.0. The summed E-state index contributed by atoms with van der Waals surface area (Å²) < 4.78 is 6.24. The van der Waals surface area contributed by atoms with Crippen LogP contribution in [0.3, 0.4) is 0 Å². The van der Waals surface area contributed by atoms with Crippen LogP contribution in [0.1, 0.15) is 59.8 Å². The van der Waals surface area contributed by atoms with Gasteiger partial charge in [0.25, 0.3) is 5.91 Å². The molecule has 1 fully saturated rings. The molecule has 1 aliphatic rings. The van der Waals surface area contributed by atoms with E-state index in [0.29, 0.717) is 5.69 Å². The van der Waals surface area contributed by atoms with Gasteiger partial charge in [-0.2, -0.15) is 0 Å². The Labute approximate surface area is 176 Å². The Kier molecular flexibility index (Phi) is 8.90. The maximum atomic E-state index is 12.0. The summed E-state index contributed by atoms with van der Waals surface area (Å²) >= 11 is 0. The maximum Gasteiger partial charge on any atom is 0.273 e. The Morgan fingerprint density at radius 1 is 1.28 bits per heavy atom. The average molecular weight is 400 g/mol. The van der Waals surface area contributed by atoms with Crippen LogP contribution in [0.5, 0.6) is 0 Å². The van der Waals surface area contributed by atoms with Crippen LogP contribution in [0.25, 0.3) is 0 Å². The average Bonchev–Trinajstić information content (AvgIpc) is 2.73. The fourth-order valence-electron chi connectivity index (χ4n) is 3.36. The van der Waals surface area contributed by atoms with Crippen LogP contribution in [-0.2, 0) is 9.53 Å². The largest absolute Gasteiger partial charge is 0.375 e. The van der Waals surface area contributed by atoms with Gasteiger partial charge in [-0.15, -0.1) is 0 Å². The van der Waals surface area contributed by atoms with Gasteiger partial charge in [-0.05, 0) is 68.9 Å². The van der Waals surface area contributed by atoms with Crippen molar-refractivity contribution >= 4 is 23.0 Å². The van der Waals surface area contributed by atoms with E-state index in [0.717, 1.165) is 57.0 Å². The lowest BCUT2D eigenvalue weighted by atomic mass is 9.92. The van der Waals surface area contributed by atoms with Crippen LogP contribution in [0.2, 0.25) is 0 Å². The highest BCUT2D eigenvalue weighted by molar-refractivity contribution is 6.45. The Hall–Kier alpha value is -2.14. The van der Waals surface area contributed by atoms with Crippen molar-refractivity contribution in [2.45, 2.75) is 65.4 Å². The van der Waals surface area contributed by atoms with Crippen molar-refractivity contribution in [2.75, 3.05) is 29.9 Å². The van der Waals surface area contributed by atoms with Crippen LogP contribution in [0.4, 0.5) is 11.4 Å². The monoisotopic (exact) mass is 399 g/mol. The Balaban J connectivity index is 1.83. The first kappa shape index (κ1) is 23.1. The molecule has 2 rings (SSSR count). The number of nitrogens with one attached hydrogen (secondary N) is 2. The van der Waals surface area contributed by atoms with Gasteiger partial charge in [-0.25, -0.2) is 0 Å². The van der Waals surface area contributed by atoms with Gasteiger partial charge in [-0.3, -0.25) is 10.2 Å². The van der Waals surface area contributed by atoms with E-state index in [-0.39, 0.29) is 17.2 Å². The van der Waals surface area contributed by atoms with Gasteiger partial charge in [0.05, 0.1) is 5.60 Å². The molecule has 5 heteroatoms. The Morgan fingerprint density at radius 3 is 2.52 bits per heavy atom. The summed E-state index contributed by atoms with van der Waals surface area (Å²) in [5.74, 6) is 0.342. The van der Waals surface area contributed by atoms with Crippen molar-refractivity contribution in [3.05, 3.63) is 36.4 Å². The molecule has 1 aliphatic heterocycles. The zero-order valence-corrected chi connectivity index (χ0v) is 18.5. The zero-order chi connectivity index (χ0) is 21.3. The molecule has 1 aromatic carbocycles. The summed E-state index contributed by atoms with van der Waals surface area (Å²) in [6, 6.07) is 7.88. The highest BCUT2D eigenvalue weighted by atomic mass is 16.5. The molecule has 1 amide bonds. The van der Waals surface area contributed by atoms with Crippen molar-refractivity contribution in [1.29, 1.82) is 5.41 Å². The lowest BCUT2D eigenvalue weighted by molar-refractivity contribution is -0.110. The molecule has 0 bridgehead atoms. The summed E-state index contributed by atoms with van der Waals surface area (Å²) in [5, 5.41) is 10.5. The molecule has 0 saturated carbocycles. The third kappa shape index (κ3) is 7.32. The minimum Gasteiger partial charge on any atom is -0.375 e. The van der Waals surface area contributed by atoms with Gasteiger partial charge in [0, 0.05) is 31.1 Å². The fraction of sp³-hybridized carbons (Fsp3) is 0.583. The predicted molar refractivity (Wildman–Crippen MR) is 122 cm³/mol. The molecular weight excluding hydrogens is 362 g/mol. The summed E-state index contributed by atoms with van der Waals surface area (Å²) in [6.07, 6.45) is 8.54. The van der Waals surface area contributed by atoms with Crippen LogP contribution in [0.15, 0.2) is 36.4 Å². The van der Waals surface area contributed by atoms with Crippen molar-refractivity contribution < 1.29 is 9.53 Å². The number of rotatable bonds is 10. The molecule has 0 spiro atoms. The molecule has 1 atom stereocenters.